The van der Waals surface area contributed by atoms with Crippen LogP contribution in [0.1, 0.15) is 19.8 Å². The highest BCUT2D eigenvalue weighted by atomic mass is 16.4. The Morgan fingerprint density at radius 1 is 1.22 bits per heavy atom. The summed E-state index contributed by atoms with van der Waals surface area (Å²) in [5, 5.41) is 11.6. The van der Waals surface area contributed by atoms with Crippen molar-refractivity contribution in [2.45, 2.75) is 38.9 Å². The van der Waals surface area contributed by atoms with Gasteiger partial charge in [-0.3, -0.25) is 18.7 Å². The molecular weight excluding hydrogens is 298 g/mol. The topological polar surface area (TPSA) is 93.3 Å². The Morgan fingerprint density at radius 3 is 2.39 bits per heavy atom. The average molecular weight is 317 g/mol. The largest absolute Gasteiger partial charge is 0.481 e. The highest BCUT2D eigenvalue weighted by molar-refractivity contribution is 5.81. The van der Waals surface area contributed by atoms with Crippen molar-refractivity contribution in [3.63, 3.8) is 0 Å². The van der Waals surface area contributed by atoms with Crippen LogP contribution in [0.5, 0.6) is 0 Å². The number of carboxylic acids is 1. The molecule has 7 nitrogen and oxygen atoms in total. The van der Waals surface area contributed by atoms with Crippen LogP contribution in [0, 0.1) is 5.92 Å². The number of aliphatic carboxylic acids is 1. The Balaban J connectivity index is 1.75. The van der Waals surface area contributed by atoms with Crippen LogP contribution in [-0.4, -0.2) is 32.2 Å². The van der Waals surface area contributed by atoms with Crippen LogP contribution in [0.4, 0.5) is 0 Å². The normalized spacial score (nSPS) is 20.2. The van der Waals surface area contributed by atoms with Gasteiger partial charge in [-0.1, -0.05) is 12.1 Å². The summed E-state index contributed by atoms with van der Waals surface area (Å²) in [5.74, 6) is -1.46. The van der Waals surface area contributed by atoms with E-state index in [2.05, 4.69) is 5.32 Å². The van der Waals surface area contributed by atoms with Crippen LogP contribution in [0.25, 0.3) is 11.0 Å². The average Bonchev–Trinajstić information content (AvgIpc) is 2.74. The van der Waals surface area contributed by atoms with Gasteiger partial charge in [0.2, 0.25) is 5.91 Å². The molecule has 0 atom stereocenters. The summed E-state index contributed by atoms with van der Waals surface area (Å²) in [6, 6.07) is 7.26. The van der Waals surface area contributed by atoms with Gasteiger partial charge in [-0.15, -0.1) is 0 Å². The Labute approximate surface area is 132 Å². The number of carboxylic acid groups (broad SMARTS) is 1. The first-order valence-corrected chi connectivity index (χ1v) is 7.71. The fourth-order valence-electron chi connectivity index (χ4n) is 3.09. The smallest absolute Gasteiger partial charge is 0.329 e. The van der Waals surface area contributed by atoms with Crippen molar-refractivity contribution >= 4 is 22.9 Å². The van der Waals surface area contributed by atoms with Crippen molar-refractivity contribution in [2.75, 3.05) is 0 Å². The molecule has 1 aliphatic rings. The molecule has 1 saturated carbocycles. The van der Waals surface area contributed by atoms with Gasteiger partial charge in [0, 0.05) is 12.6 Å². The van der Waals surface area contributed by atoms with E-state index in [1.807, 2.05) is 31.2 Å². The maximum atomic E-state index is 12.4. The van der Waals surface area contributed by atoms with E-state index in [1.54, 1.807) is 4.57 Å². The number of imidazole rings is 1. The van der Waals surface area contributed by atoms with E-state index in [0.29, 0.717) is 19.4 Å². The van der Waals surface area contributed by atoms with Crippen LogP contribution in [0.15, 0.2) is 29.1 Å². The third kappa shape index (κ3) is 2.74. The number of carbonyl (C=O) groups is 2. The lowest BCUT2D eigenvalue weighted by molar-refractivity contribution is -0.146. The Morgan fingerprint density at radius 2 is 1.83 bits per heavy atom. The van der Waals surface area contributed by atoms with Crippen LogP contribution in [-0.2, 0) is 22.7 Å². The molecule has 0 spiro atoms. The molecule has 7 heteroatoms. The first-order valence-electron chi connectivity index (χ1n) is 7.71. The fourth-order valence-corrected chi connectivity index (χ4v) is 3.09. The molecular formula is C16H19N3O4. The molecule has 2 N–H and O–H groups in total. The monoisotopic (exact) mass is 317 g/mol. The maximum Gasteiger partial charge on any atom is 0.329 e. The zero-order valence-corrected chi connectivity index (χ0v) is 12.9. The molecule has 0 radical (unpaired) electrons. The number of aromatic nitrogens is 2. The zero-order chi connectivity index (χ0) is 16.6. The van der Waals surface area contributed by atoms with Crippen molar-refractivity contribution in [1.82, 2.24) is 14.5 Å². The predicted molar refractivity (Wildman–Crippen MR) is 84.2 cm³/mol. The van der Waals surface area contributed by atoms with Crippen molar-refractivity contribution in [2.24, 2.45) is 5.92 Å². The third-order valence-corrected chi connectivity index (χ3v) is 4.40. The number of para-hydroxylation sites is 2. The van der Waals surface area contributed by atoms with Crippen LogP contribution < -0.4 is 11.0 Å². The third-order valence-electron chi connectivity index (χ3n) is 4.40. The molecule has 1 heterocycles. The lowest BCUT2D eigenvalue weighted by atomic mass is 9.80. The minimum Gasteiger partial charge on any atom is -0.481 e. The first-order chi connectivity index (χ1) is 11.0. The van der Waals surface area contributed by atoms with Crippen LogP contribution in [0.3, 0.4) is 0 Å². The Kier molecular flexibility index (Phi) is 3.94. The number of nitrogens with one attached hydrogen (secondary N) is 1. The highest BCUT2D eigenvalue weighted by Gasteiger charge is 2.35. The minimum absolute atomic E-state index is 0.0550. The van der Waals surface area contributed by atoms with Gasteiger partial charge >= 0.3 is 11.7 Å². The summed E-state index contributed by atoms with van der Waals surface area (Å²) in [5.41, 5.74) is 1.33. The predicted octanol–water partition coefficient (Wildman–Crippen LogP) is 0.802. The zero-order valence-electron chi connectivity index (χ0n) is 12.9. The summed E-state index contributed by atoms with van der Waals surface area (Å²) < 4.78 is 3.09. The number of amides is 1. The number of fused-ring (bicyclic) bond motifs is 1. The van der Waals surface area contributed by atoms with Gasteiger partial charge < -0.3 is 10.4 Å². The summed E-state index contributed by atoms with van der Waals surface area (Å²) in [4.78, 5) is 35.4. The first kappa shape index (κ1) is 15.3. The van der Waals surface area contributed by atoms with Crippen LogP contribution in [0.2, 0.25) is 0 Å². The number of carbonyl (C=O) groups excluding carboxylic acids is 1. The van der Waals surface area contributed by atoms with Crippen molar-refractivity contribution in [3.8, 4) is 0 Å². The summed E-state index contributed by atoms with van der Waals surface area (Å²) >= 11 is 0. The number of rotatable bonds is 5. The van der Waals surface area contributed by atoms with E-state index in [9.17, 15) is 14.4 Å². The van der Waals surface area contributed by atoms with Gasteiger partial charge in [0.05, 0.1) is 17.0 Å². The van der Waals surface area contributed by atoms with Gasteiger partial charge in [-0.2, -0.15) is 0 Å². The molecule has 0 unspecified atom stereocenters. The van der Waals surface area contributed by atoms with Gasteiger partial charge in [0.15, 0.2) is 0 Å². The molecule has 0 bridgehead atoms. The molecule has 1 amide bonds. The molecule has 3 rings (SSSR count). The number of benzene rings is 1. The van der Waals surface area contributed by atoms with E-state index in [1.165, 1.54) is 4.57 Å². The molecule has 1 aromatic heterocycles. The van der Waals surface area contributed by atoms with E-state index < -0.39 is 5.97 Å². The van der Waals surface area contributed by atoms with Gasteiger partial charge in [0.1, 0.15) is 6.54 Å². The standard InChI is InChI=1S/C16H19N3O4/c1-2-18-12-5-3-4-6-13(12)19(16(18)23)9-14(20)17-11-7-10(8-11)15(21)22/h3-6,10-11H,2,7-9H2,1H3,(H,17,20)(H,21,22). The second-order valence-corrected chi connectivity index (χ2v) is 5.87. The van der Waals surface area contributed by atoms with E-state index >= 15 is 0 Å². The van der Waals surface area contributed by atoms with Crippen molar-refractivity contribution < 1.29 is 14.7 Å². The quantitative estimate of drug-likeness (QED) is 0.853. The van der Waals surface area contributed by atoms with Gasteiger partial charge in [0.25, 0.3) is 0 Å². The highest BCUT2D eigenvalue weighted by Crippen LogP contribution is 2.27. The molecule has 0 saturated heterocycles. The fraction of sp³-hybridized carbons (Fsp3) is 0.438. The summed E-state index contributed by atoms with van der Waals surface area (Å²) in [6.07, 6.45) is 0.902. The lowest BCUT2D eigenvalue weighted by Gasteiger charge is -2.32. The Bertz CT molecular complexity index is 814. The molecule has 23 heavy (non-hydrogen) atoms. The second-order valence-electron chi connectivity index (χ2n) is 5.87. The number of hydrogen-bond donors (Lipinski definition) is 2. The molecule has 1 aliphatic carbocycles. The maximum absolute atomic E-state index is 12.4. The lowest BCUT2D eigenvalue weighted by Crippen LogP contribution is -2.48. The molecule has 0 aliphatic heterocycles. The SMILES string of the molecule is CCn1c(=O)n(CC(=O)NC2CC(C(=O)O)C2)c2ccccc21. The number of hydrogen-bond acceptors (Lipinski definition) is 3. The van der Waals surface area contributed by atoms with Crippen molar-refractivity contribution in [1.29, 1.82) is 0 Å². The second kappa shape index (κ2) is 5.91. The summed E-state index contributed by atoms with van der Waals surface area (Å²) in [7, 11) is 0. The molecule has 2 aromatic rings. The van der Waals surface area contributed by atoms with Crippen molar-refractivity contribution in [3.05, 3.63) is 34.7 Å². The Hall–Kier alpha value is -2.57. The summed E-state index contributed by atoms with van der Waals surface area (Å²) in [6.45, 7) is 2.37. The van der Waals surface area contributed by atoms with Gasteiger partial charge in [-0.05, 0) is 31.9 Å². The molecule has 1 aromatic carbocycles. The van der Waals surface area contributed by atoms with Gasteiger partial charge in [-0.25, -0.2) is 4.79 Å². The minimum atomic E-state index is -0.822. The number of aryl methyl sites for hydroxylation is 1. The molecule has 122 valence electrons. The van der Waals surface area contributed by atoms with Crippen LogP contribution >= 0.6 is 0 Å². The van der Waals surface area contributed by atoms with E-state index in [4.69, 9.17) is 5.11 Å². The molecule has 1 fully saturated rings. The van der Waals surface area contributed by atoms with E-state index in [-0.39, 0.29) is 30.1 Å². The number of nitrogens with zero attached hydrogens (tertiary/aromatic N) is 2. The van der Waals surface area contributed by atoms with E-state index in [0.717, 1.165) is 11.0 Å².